The van der Waals surface area contributed by atoms with Crippen molar-refractivity contribution in [3.63, 3.8) is 0 Å². The molecule has 1 heterocycles. The van der Waals surface area contributed by atoms with Crippen molar-refractivity contribution in [2.75, 3.05) is 6.61 Å². The van der Waals surface area contributed by atoms with E-state index < -0.39 is 30.3 Å². The van der Waals surface area contributed by atoms with Gasteiger partial charge in [-0.15, -0.1) is 6.42 Å². The van der Waals surface area contributed by atoms with Crippen molar-refractivity contribution in [3.8, 4) is 12.3 Å². The van der Waals surface area contributed by atoms with Crippen molar-refractivity contribution in [1.82, 2.24) is 0 Å². The van der Waals surface area contributed by atoms with Crippen LogP contribution in [-0.4, -0.2) is 36.9 Å². The Bertz CT molecular complexity index is 317. The first-order valence-corrected chi connectivity index (χ1v) is 4.95. The summed E-state index contributed by atoms with van der Waals surface area (Å²) in [5.74, 6) is 1.62. The van der Waals surface area contributed by atoms with Crippen LogP contribution in [0.25, 0.3) is 0 Å². The van der Waals surface area contributed by atoms with Gasteiger partial charge in [-0.2, -0.15) is 0 Å². The fourth-order valence-corrected chi connectivity index (χ4v) is 1.51. The van der Waals surface area contributed by atoms with Crippen LogP contribution in [0.1, 0.15) is 20.3 Å². The Morgan fingerprint density at radius 2 is 2.12 bits per heavy atom. The van der Waals surface area contributed by atoms with Crippen LogP contribution in [-0.2, 0) is 23.8 Å². The second kappa shape index (κ2) is 5.52. The lowest BCUT2D eigenvalue weighted by atomic mass is 10.1. The van der Waals surface area contributed by atoms with Gasteiger partial charge in [-0.25, -0.2) is 0 Å². The predicted molar refractivity (Wildman–Crippen MR) is 54.3 cm³/mol. The Morgan fingerprint density at radius 3 is 2.62 bits per heavy atom. The molecule has 1 fully saturated rings. The molecule has 1 aliphatic heterocycles. The molecule has 0 spiro atoms. The maximum absolute atomic E-state index is 10.8. The Kier molecular flexibility index (Phi) is 4.32. The summed E-state index contributed by atoms with van der Waals surface area (Å²) < 4.78 is 15.2. The van der Waals surface area contributed by atoms with E-state index in [2.05, 4.69) is 5.92 Å². The lowest BCUT2D eigenvalue weighted by molar-refractivity contribution is -0.154. The summed E-state index contributed by atoms with van der Waals surface area (Å²) in [5.41, 5.74) is 0. The molecule has 3 atom stereocenters. The van der Waals surface area contributed by atoms with E-state index in [0.717, 1.165) is 0 Å². The third-order valence-electron chi connectivity index (χ3n) is 2.15. The monoisotopic (exact) mass is 226 g/mol. The van der Waals surface area contributed by atoms with Gasteiger partial charge in [0.2, 0.25) is 0 Å². The third-order valence-corrected chi connectivity index (χ3v) is 2.15. The average Bonchev–Trinajstić information content (AvgIpc) is 2.56. The smallest absolute Gasteiger partial charge is 0.302 e. The van der Waals surface area contributed by atoms with E-state index in [1.165, 1.54) is 13.8 Å². The molecule has 0 bridgehead atoms. The molecule has 0 aromatic carbocycles. The highest BCUT2D eigenvalue weighted by Crippen LogP contribution is 2.23. The Labute approximate surface area is 94.0 Å². The molecule has 1 aliphatic rings. The summed E-state index contributed by atoms with van der Waals surface area (Å²) in [6.07, 6.45) is 4.33. The molecule has 0 aromatic heterocycles. The van der Waals surface area contributed by atoms with Gasteiger partial charge in [0.05, 0.1) is 0 Å². The summed E-state index contributed by atoms with van der Waals surface area (Å²) in [6.45, 7) is 2.66. The fourth-order valence-electron chi connectivity index (χ4n) is 1.51. The number of hydrogen-bond donors (Lipinski definition) is 0. The summed E-state index contributed by atoms with van der Waals surface area (Å²) in [4.78, 5) is 21.5. The number of carbonyl (C=O) groups excluding carboxylic acids is 2. The first-order valence-electron chi connectivity index (χ1n) is 4.95. The third kappa shape index (κ3) is 3.55. The quantitative estimate of drug-likeness (QED) is 0.510. The summed E-state index contributed by atoms with van der Waals surface area (Å²) in [7, 11) is 0. The maximum Gasteiger partial charge on any atom is 0.302 e. The molecule has 0 aromatic rings. The standard InChI is InChI=1S/C11H14O5/c1-4-9-5-10(15-8(3)13)11(16-9)6-14-7(2)12/h1,9-11H,5-6H2,2-3H3/t9-,10+,11-/m1/s1. The zero-order valence-corrected chi connectivity index (χ0v) is 9.26. The van der Waals surface area contributed by atoms with E-state index in [4.69, 9.17) is 20.6 Å². The molecule has 0 amide bonds. The molecule has 0 aliphatic carbocycles. The molecule has 0 N–H and O–H groups in total. The van der Waals surface area contributed by atoms with Crippen molar-refractivity contribution < 1.29 is 23.8 Å². The molecule has 5 nitrogen and oxygen atoms in total. The number of rotatable bonds is 3. The van der Waals surface area contributed by atoms with E-state index in [0.29, 0.717) is 6.42 Å². The predicted octanol–water partition coefficient (Wildman–Crippen LogP) is 0.272. The molecule has 0 radical (unpaired) electrons. The second-order valence-corrected chi connectivity index (χ2v) is 3.52. The van der Waals surface area contributed by atoms with E-state index in [9.17, 15) is 9.59 Å². The topological polar surface area (TPSA) is 61.8 Å². The minimum absolute atomic E-state index is 0.0471. The zero-order valence-electron chi connectivity index (χ0n) is 9.26. The lowest BCUT2D eigenvalue weighted by Gasteiger charge is -2.17. The minimum Gasteiger partial charge on any atom is -0.463 e. The van der Waals surface area contributed by atoms with E-state index >= 15 is 0 Å². The van der Waals surface area contributed by atoms with Crippen LogP contribution >= 0.6 is 0 Å². The van der Waals surface area contributed by atoms with Gasteiger partial charge >= 0.3 is 11.9 Å². The highest BCUT2D eigenvalue weighted by Gasteiger charge is 2.37. The molecule has 88 valence electrons. The highest BCUT2D eigenvalue weighted by molar-refractivity contribution is 5.66. The largest absolute Gasteiger partial charge is 0.463 e. The van der Waals surface area contributed by atoms with Gasteiger partial charge < -0.3 is 14.2 Å². The molecular weight excluding hydrogens is 212 g/mol. The second-order valence-electron chi connectivity index (χ2n) is 3.52. The van der Waals surface area contributed by atoms with Crippen LogP contribution in [0.15, 0.2) is 0 Å². The van der Waals surface area contributed by atoms with Crippen LogP contribution in [0.3, 0.4) is 0 Å². The van der Waals surface area contributed by atoms with E-state index in [-0.39, 0.29) is 6.61 Å². The highest BCUT2D eigenvalue weighted by atomic mass is 16.6. The Morgan fingerprint density at radius 1 is 1.44 bits per heavy atom. The number of hydrogen-bond acceptors (Lipinski definition) is 5. The van der Waals surface area contributed by atoms with Gasteiger partial charge in [0.1, 0.15) is 24.9 Å². The van der Waals surface area contributed by atoms with Gasteiger partial charge in [0.25, 0.3) is 0 Å². The van der Waals surface area contributed by atoms with E-state index in [1.807, 2.05) is 0 Å². The fraction of sp³-hybridized carbons (Fsp3) is 0.636. The summed E-state index contributed by atoms with van der Waals surface area (Å²) in [5, 5.41) is 0. The summed E-state index contributed by atoms with van der Waals surface area (Å²) >= 11 is 0. The normalized spacial score (nSPS) is 28.2. The number of terminal acetylenes is 1. The molecule has 1 saturated heterocycles. The van der Waals surface area contributed by atoms with Crippen LogP contribution < -0.4 is 0 Å². The molecule has 0 saturated carbocycles. The molecule has 0 unspecified atom stereocenters. The summed E-state index contributed by atoms with van der Waals surface area (Å²) in [6, 6.07) is 0. The molecule has 1 rings (SSSR count). The Hall–Kier alpha value is -1.54. The number of ether oxygens (including phenoxy) is 3. The first-order chi connectivity index (χ1) is 7.52. The SMILES string of the molecule is C#C[C@@H]1C[C@H](OC(C)=O)[C@@H](COC(C)=O)O1. The molecular formula is C11H14O5. The maximum atomic E-state index is 10.8. The van der Waals surface area contributed by atoms with Gasteiger partial charge in [-0.1, -0.05) is 5.92 Å². The lowest BCUT2D eigenvalue weighted by Crippen LogP contribution is -2.31. The average molecular weight is 226 g/mol. The van der Waals surface area contributed by atoms with Crippen LogP contribution in [0, 0.1) is 12.3 Å². The van der Waals surface area contributed by atoms with Crippen molar-refractivity contribution >= 4 is 11.9 Å². The van der Waals surface area contributed by atoms with Gasteiger partial charge in [0, 0.05) is 20.3 Å². The Balaban J connectivity index is 2.53. The van der Waals surface area contributed by atoms with Crippen molar-refractivity contribution in [3.05, 3.63) is 0 Å². The van der Waals surface area contributed by atoms with Crippen LogP contribution in [0.4, 0.5) is 0 Å². The first kappa shape index (κ1) is 12.5. The van der Waals surface area contributed by atoms with Crippen LogP contribution in [0.5, 0.6) is 0 Å². The van der Waals surface area contributed by atoms with Crippen molar-refractivity contribution in [2.24, 2.45) is 0 Å². The van der Waals surface area contributed by atoms with E-state index in [1.54, 1.807) is 0 Å². The van der Waals surface area contributed by atoms with Gasteiger partial charge in [-0.05, 0) is 0 Å². The van der Waals surface area contributed by atoms with Gasteiger partial charge in [-0.3, -0.25) is 9.59 Å². The number of esters is 2. The number of carbonyl (C=O) groups is 2. The minimum atomic E-state index is -0.478. The van der Waals surface area contributed by atoms with Crippen LogP contribution in [0.2, 0.25) is 0 Å². The zero-order chi connectivity index (χ0) is 12.1. The molecule has 16 heavy (non-hydrogen) atoms. The van der Waals surface area contributed by atoms with Gasteiger partial charge in [0.15, 0.2) is 0 Å². The molecule has 5 heteroatoms. The van der Waals surface area contributed by atoms with Crippen molar-refractivity contribution in [1.29, 1.82) is 0 Å². The van der Waals surface area contributed by atoms with Crippen molar-refractivity contribution in [2.45, 2.75) is 38.6 Å².